The van der Waals surface area contributed by atoms with Crippen molar-refractivity contribution in [3.8, 4) is 0 Å². The Bertz CT molecular complexity index is 500. The van der Waals surface area contributed by atoms with Crippen molar-refractivity contribution in [3.05, 3.63) is 41.5 Å². The van der Waals surface area contributed by atoms with E-state index in [-0.39, 0.29) is 0 Å². The van der Waals surface area contributed by atoms with E-state index in [4.69, 9.17) is 0 Å². The maximum absolute atomic E-state index is 4.26. The van der Waals surface area contributed by atoms with Crippen molar-refractivity contribution in [2.75, 3.05) is 20.1 Å². The Balaban J connectivity index is 2.02. The van der Waals surface area contributed by atoms with Gasteiger partial charge in [0.15, 0.2) is 0 Å². The number of hydrogen-bond acceptors (Lipinski definition) is 2. The summed E-state index contributed by atoms with van der Waals surface area (Å²) in [7, 11) is 2.02. The highest BCUT2D eigenvalue weighted by Crippen LogP contribution is 2.36. The molecule has 2 rings (SSSR count). The van der Waals surface area contributed by atoms with Crippen molar-refractivity contribution in [3.63, 3.8) is 0 Å². The van der Waals surface area contributed by atoms with E-state index in [0.29, 0.717) is 5.54 Å². The normalized spacial score (nSPS) is 16.3. The van der Waals surface area contributed by atoms with Crippen LogP contribution in [0.15, 0.2) is 24.8 Å². The molecule has 1 aromatic carbocycles. The van der Waals surface area contributed by atoms with E-state index in [1.807, 2.05) is 7.05 Å². The molecule has 2 nitrogen and oxygen atoms in total. The van der Waals surface area contributed by atoms with Gasteiger partial charge in [0.2, 0.25) is 0 Å². The van der Waals surface area contributed by atoms with Crippen LogP contribution < -0.4 is 10.6 Å². The Kier molecular flexibility index (Phi) is 6.22. The van der Waals surface area contributed by atoms with Gasteiger partial charge in [0.25, 0.3) is 0 Å². The Morgan fingerprint density at radius 3 is 2.64 bits per heavy atom. The van der Waals surface area contributed by atoms with Gasteiger partial charge in [0.05, 0.1) is 0 Å². The van der Waals surface area contributed by atoms with Crippen LogP contribution in [0.3, 0.4) is 0 Å². The lowest BCUT2D eigenvalue weighted by Gasteiger charge is -2.43. The largest absolute Gasteiger partial charge is 0.318 e. The van der Waals surface area contributed by atoms with Crippen molar-refractivity contribution in [2.24, 2.45) is 0 Å². The van der Waals surface area contributed by atoms with Gasteiger partial charge in [0.1, 0.15) is 0 Å². The molecule has 1 aliphatic rings. The Hall–Kier alpha value is -1.12. The fraction of sp³-hybridized carbons (Fsp3) is 0.600. The van der Waals surface area contributed by atoms with Crippen LogP contribution in [-0.4, -0.2) is 25.7 Å². The van der Waals surface area contributed by atoms with Crippen LogP contribution in [0.25, 0.3) is 5.57 Å². The molecule has 0 saturated heterocycles. The molecule has 1 saturated carbocycles. The summed E-state index contributed by atoms with van der Waals surface area (Å²) in [5, 5.41) is 7.02. The highest BCUT2D eigenvalue weighted by Gasteiger charge is 2.35. The molecule has 0 spiro atoms. The fourth-order valence-corrected chi connectivity index (χ4v) is 3.37. The SMILES string of the molecule is C=C(CC)c1cc(C)ccc1CCC1(NCCNC)CCC1. The number of likely N-dealkylation sites (N-methyl/N-ethyl adjacent to an activating group) is 1. The standard InChI is InChI=1S/C20H32N2/c1-5-17(3)19-15-16(2)7-8-18(19)9-12-20(10-6-11-20)22-14-13-21-4/h7-8,15,21-22H,3,5-6,9-14H2,1-2,4H3. The lowest BCUT2D eigenvalue weighted by Crippen LogP contribution is -2.52. The summed E-state index contributed by atoms with van der Waals surface area (Å²) >= 11 is 0. The van der Waals surface area contributed by atoms with Crippen molar-refractivity contribution in [2.45, 2.75) is 57.9 Å². The van der Waals surface area contributed by atoms with Crippen LogP contribution in [0, 0.1) is 6.92 Å². The summed E-state index contributed by atoms with van der Waals surface area (Å²) in [5.41, 5.74) is 5.83. The van der Waals surface area contributed by atoms with Gasteiger partial charge >= 0.3 is 0 Å². The molecule has 0 amide bonds. The van der Waals surface area contributed by atoms with Gasteiger partial charge in [-0.3, -0.25) is 0 Å². The molecule has 0 heterocycles. The van der Waals surface area contributed by atoms with Crippen molar-refractivity contribution < 1.29 is 0 Å². The molecule has 2 heteroatoms. The molecule has 0 aromatic heterocycles. The lowest BCUT2D eigenvalue weighted by atomic mass is 9.72. The molecule has 1 aliphatic carbocycles. The molecule has 1 aromatic rings. The second-order valence-electron chi connectivity index (χ2n) is 6.78. The average Bonchev–Trinajstić information content (AvgIpc) is 2.49. The van der Waals surface area contributed by atoms with Gasteiger partial charge in [-0.25, -0.2) is 0 Å². The smallest absolute Gasteiger partial charge is 0.0185 e. The van der Waals surface area contributed by atoms with Crippen LogP contribution in [0.1, 0.15) is 55.7 Å². The third kappa shape index (κ3) is 4.21. The van der Waals surface area contributed by atoms with Crippen molar-refractivity contribution >= 4 is 5.57 Å². The second-order valence-corrected chi connectivity index (χ2v) is 6.78. The van der Waals surface area contributed by atoms with E-state index >= 15 is 0 Å². The Morgan fingerprint density at radius 2 is 2.05 bits per heavy atom. The zero-order valence-electron chi connectivity index (χ0n) is 14.6. The van der Waals surface area contributed by atoms with Crippen molar-refractivity contribution in [1.82, 2.24) is 10.6 Å². The Labute approximate surface area is 136 Å². The van der Waals surface area contributed by atoms with Crippen LogP contribution in [0.4, 0.5) is 0 Å². The van der Waals surface area contributed by atoms with Gasteiger partial charge in [-0.05, 0) is 69.2 Å². The van der Waals surface area contributed by atoms with E-state index in [9.17, 15) is 0 Å². The van der Waals surface area contributed by atoms with Gasteiger partial charge in [-0.2, -0.15) is 0 Å². The molecule has 0 radical (unpaired) electrons. The summed E-state index contributed by atoms with van der Waals surface area (Å²) in [6, 6.07) is 6.86. The average molecular weight is 300 g/mol. The molecule has 0 bridgehead atoms. The number of hydrogen-bond donors (Lipinski definition) is 2. The molecule has 2 N–H and O–H groups in total. The quantitative estimate of drug-likeness (QED) is 0.671. The third-order valence-corrected chi connectivity index (χ3v) is 5.13. The minimum absolute atomic E-state index is 0.382. The first-order chi connectivity index (χ1) is 10.6. The predicted molar refractivity (Wildman–Crippen MR) is 97.3 cm³/mol. The summed E-state index contributed by atoms with van der Waals surface area (Å²) in [6.07, 6.45) is 7.45. The van der Waals surface area contributed by atoms with Gasteiger partial charge in [0, 0.05) is 18.6 Å². The third-order valence-electron chi connectivity index (χ3n) is 5.13. The first-order valence-electron chi connectivity index (χ1n) is 8.77. The van der Waals surface area contributed by atoms with Gasteiger partial charge < -0.3 is 10.6 Å². The molecular formula is C20H32N2. The van der Waals surface area contributed by atoms with Crippen molar-refractivity contribution in [1.29, 1.82) is 0 Å². The maximum Gasteiger partial charge on any atom is 0.0185 e. The van der Waals surface area contributed by atoms with Crippen LogP contribution in [0.5, 0.6) is 0 Å². The number of allylic oxidation sites excluding steroid dienone is 1. The number of nitrogens with one attached hydrogen (secondary N) is 2. The van der Waals surface area contributed by atoms with E-state index in [1.54, 1.807) is 0 Å². The van der Waals surface area contributed by atoms with E-state index in [2.05, 4.69) is 49.3 Å². The summed E-state index contributed by atoms with van der Waals surface area (Å²) in [5.74, 6) is 0. The van der Waals surface area contributed by atoms with Crippen LogP contribution in [0.2, 0.25) is 0 Å². The summed E-state index contributed by atoms with van der Waals surface area (Å²) in [6.45, 7) is 10.7. The molecule has 1 fully saturated rings. The molecule has 22 heavy (non-hydrogen) atoms. The minimum Gasteiger partial charge on any atom is -0.318 e. The summed E-state index contributed by atoms with van der Waals surface area (Å²) in [4.78, 5) is 0. The van der Waals surface area contributed by atoms with Gasteiger partial charge in [-0.15, -0.1) is 0 Å². The van der Waals surface area contributed by atoms with E-state index in [1.165, 1.54) is 47.9 Å². The first kappa shape index (κ1) is 17.2. The Morgan fingerprint density at radius 1 is 1.27 bits per heavy atom. The second kappa shape index (κ2) is 7.94. The highest BCUT2D eigenvalue weighted by molar-refractivity contribution is 5.66. The van der Waals surface area contributed by atoms with Crippen LogP contribution >= 0.6 is 0 Å². The zero-order valence-corrected chi connectivity index (χ0v) is 14.6. The number of benzene rings is 1. The monoisotopic (exact) mass is 300 g/mol. The van der Waals surface area contributed by atoms with E-state index in [0.717, 1.165) is 25.9 Å². The first-order valence-corrected chi connectivity index (χ1v) is 8.77. The van der Waals surface area contributed by atoms with E-state index < -0.39 is 0 Å². The zero-order chi connectivity index (χ0) is 16.0. The molecule has 0 atom stereocenters. The summed E-state index contributed by atoms with van der Waals surface area (Å²) < 4.78 is 0. The number of rotatable bonds is 9. The molecule has 0 unspecified atom stereocenters. The maximum atomic E-state index is 4.26. The predicted octanol–water partition coefficient (Wildman–Crippen LogP) is 4.08. The fourth-order valence-electron chi connectivity index (χ4n) is 3.37. The minimum atomic E-state index is 0.382. The topological polar surface area (TPSA) is 24.1 Å². The molecule has 122 valence electrons. The molecule has 0 aliphatic heterocycles. The van der Waals surface area contributed by atoms with Crippen LogP contribution in [-0.2, 0) is 6.42 Å². The number of aryl methyl sites for hydroxylation is 2. The lowest BCUT2D eigenvalue weighted by molar-refractivity contribution is 0.172. The molecular weight excluding hydrogens is 268 g/mol. The van der Waals surface area contributed by atoms with Gasteiger partial charge in [-0.1, -0.05) is 37.3 Å². The highest BCUT2D eigenvalue weighted by atomic mass is 15.0.